The second kappa shape index (κ2) is 8.63. The third-order valence-electron chi connectivity index (χ3n) is 5.55. The highest BCUT2D eigenvalue weighted by Gasteiger charge is 2.32. The second-order valence-corrected chi connectivity index (χ2v) is 7.04. The number of hydrogen-bond acceptors (Lipinski definition) is 3. The van der Waals surface area contributed by atoms with E-state index in [1.807, 2.05) is 0 Å². The predicted octanol–water partition coefficient (Wildman–Crippen LogP) is 2.25. The van der Waals surface area contributed by atoms with Crippen molar-refractivity contribution in [2.75, 3.05) is 45.8 Å². The van der Waals surface area contributed by atoms with Crippen LogP contribution in [0, 0.1) is 0 Å². The normalized spacial score (nSPS) is 23.4. The molecule has 1 aromatic rings. The minimum atomic E-state index is 0.139. The van der Waals surface area contributed by atoms with E-state index >= 15 is 0 Å². The molecule has 1 atom stereocenters. The Balaban J connectivity index is 1.45. The van der Waals surface area contributed by atoms with Gasteiger partial charge in [0, 0.05) is 32.7 Å². The quantitative estimate of drug-likeness (QED) is 0.829. The SMILES string of the molecule is CCN1CCCC[C@H]1C(=O)N1CCN(CCc2ccccc2)CC1. The number of benzene rings is 1. The van der Waals surface area contributed by atoms with Gasteiger partial charge in [0.05, 0.1) is 6.04 Å². The van der Waals surface area contributed by atoms with E-state index in [-0.39, 0.29) is 6.04 Å². The van der Waals surface area contributed by atoms with Crippen molar-refractivity contribution in [3.63, 3.8) is 0 Å². The van der Waals surface area contributed by atoms with Crippen molar-refractivity contribution in [3.8, 4) is 0 Å². The molecule has 2 aliphatic heterocycles. The van der Waals surface area contributed by atoms with Gasteiger partial charge in [-0.15, -0.1) is 0 Å². The predicted molar refractivity (Wildman–Crippen MR) is 98.1 cm³/mol. The molecule has 4 heteroatoms. The second-order valence-electron chi connectivity index (χ2n) is 7.04. The number of piperazine rings is 1. The Kier molecular flexibility index (Phi) is 6.27. The van der Waals surface area contributed by atoms with Gasteiger partial charge >= 0.3 is 0 Å². The molecular formula is C20H31N3O. The molecule has 2 aliphatic rings. The third kappa shape index (κ3) is 4.37. The summed E-state index contributed by atoms with van der Waals surface area (Å²) in [5.41, 5.74) is 1.40. The molecule has 132 valence electrons. The summed E-state index contributed by atoms with van der Waals surface area (Å²) in [6.45, 7) is 9.15. The number of piperidine rings is 1. The highest BCUT2D eigenvalue weighted by atomic mass is 16.2. The van der Waals surface area contributed by atoms with Crippen LogP contribution in [0.2, 0.25) is 0 Å². The molecule has 0 saturated carbocycles. The summed E-state index contributed by atoms with van der Waals surface area (Å²) < 4.78 is 0. The number of carbonyl (C=O) groups excluding carboxylic acids is 1. The van der Waals surface area contributed by atoms with Crippen LogP contribution in [0.15, 0.2) is 30.3 Å². The van der Waals surface area contributed by atoms with Crippen LogP contribution in [-0.2, 0) is 11.2 Å². The zero-order chi connectivity index (χ0) is 16.8. The van der Waals surface area contributed by atoms with E-state index in [0.717, 1.165) is 58.7 Å². The summed E-state index contributed by atoms with van der Waals surface area (Å²) in [7, 11) is 0. The Bertz CT molecular complexity index is 511. The minimum absolute atomic E-state index is 0.139. The molecule has 1 aromatic carbocycles. The average molecular weight is 329 g/mol. The van der Waals surface area contributed by atoms with Gasteiger partial charge in [0.2, 0.25) is 5.91 Å². The number of amides is 1. The number of rotatable bonds is 5. The van der Waals surface area contributed by atoms with Crippen LogP contribution in [0.3, 0.4) is 0 Å². The Hall–Kier alpha value is -1.39. The first-order chi connectivity index (χ1) is 11.8. The van der Waals surface area contributed by atoms with E-state index in [1.165, 1.54) is 18.4 Å². The fourth-order valence-electron chi connectivity index (χ4n) is 3.98. The van der Waals surface area contributed by atoms with Crippen molar-refractivity contribution >= 4 is 5.91 Å². The van der Waals surface area contributed by atoms with Gasteiger partial charge < -0.3 is 4.90 Å². The van der Waals surface area contributed by atoms with Gasteiger partial charge in [-0.25, -0.2) is 0 Å². The van der Waals surface area contributed by atoms with Gasteiger partial charge in [-0.05, 0) is 37.9 Å². The van der Waals surface area contributed by atoms with Crippen LogP contribution in [-0.4, -0.2) is 72.5 Å². The Morgan fingerprint density at radius 2 is 1.79 bits per heavy atom. The van der Waals surface area contributed by atoms with Gasteiger partial charge in [-0.2, -0.15) is 0 Å². The lowest BCUT2D eigenvalue weighted by atomic mass is 10.0. The molecule has 2 saturated heterocycles. The summed E-state index contributed by atoms with van der Waals surface area (Å²) in [6.07, 6.45) is 4.58. The number of likely N-dealkylation sites (tertiary alicyclic amines) is 1. The summed E-state index contributed by atoms with van der Waals surface area (Å²) in [5.74, 6) is 0.374. The molecule has 0 unspecified atom stereocenters. The minimum Gasteiger partial charge on any atom is -0.339 e. The van der Waals surface area contributed by atoms with Crippen LogP contribution in [0.1, 0.15) is 31.7 Å². The molecule has 0 bridgehead atoms. The first-order valence-corrected chi connectivity index (χ1v) is 9.57. The van der Waals surface area contributed by atoms with Crippen LogP contribution in [0.4, 0.5) is 0 Å². The number of nitrogens with zero attached hydrogens (tertiary/aromatic N) is 3. The summed E-state index contributed by atoms with van der Waals surface area (Å²) >= 11 is 0. The highest BCUT2D eigenvalue weighted by molar-refractivity contribution is 5.82. The molecule has 4 nitrogen and oxygen atoms in total. The van der Waals surface area contributed by atoms with Crippen molar-refractivity contribution < 1.29 is 4.79 Å². The Morgan fingerprint density at radius 3 is 2.50 bits per heavy atom. The Labute approximate surface area is 146 Å². The first-order valence-electron chi connectivity index (χ1n) is 9.57. The van der Waals surface area contributed by atoms with E-state index in [4.69, 9.17) is 0 Å². The highest BCUT2D eigenvalue weighted by Crippen LogP contribution is 2.19. The lowest BCUT2D eigenvalue weighted by molar-refractivity contribution is -0.140. The van der Waals surface area contributed by atoms with Crippen LogP contribution in [0.5, 0.6) is 0 Å². The van der Waals surface area contributed by atoms with Gasteiger partial charge in [-0.1, -0.05) is 43.7 Å². The summed E-state index contributed by atoms with van der Waals surface area (Å²) in [5, 5.41) is 0. The number of carbonyl (C=O) groups is 1. The molecule has 3 rings (SSSR count). The van der Waals surface area contributed by atoms with E-state index in [9.17, 15) is 4.79 Å². The van der Waals surface area contributed by atoms with Crippen molar-refractivity contribution in [2.24, 2.45) is 0 Å². The number of hydrogen-bond donors (Lipinski definition) is 0. The van der Waals surface area contributed by atoms with Crippen LogP contribution < -0.4 is 0 Å². The van der Waals surface area contributed by atoms with E-state index in [1.54, 1.807) is 0 Å². The molecule has 0 radical (unpaired) electrons. The van der Waals surface area contributed by atoms with Crippen molar-refractivity contribution in [1.29, 1.82) is 0 Å². The number of likely N-dealkylation sites (N-methyl/N-ethyl adjacent to an activating group) is 1. The van der Waals surface area contributed by atoms with Crippen LogP contribution >= 0.6 is 0 Å². The maximum atomic E-state index is 12.9. The standard InChI is InChI=1S/C20H31N3O/c1-2-22-12-7-6-10-19(22)20(24)23-16-14-21(15-17-23)13-11-18-8-4-3-5-9-18/h3-5,8-9,19H,2,6-7,10-17H2,1H3/t19-/m0/s1. The lowest BCUT2D eigenvalue weighted by Gasteiger charge is -2.40. The Morgan fingerprint density at radius 1 is 1.04 bits per heavy atom. The van der Waals surface area contributed by atoms with E-state index in [0.29, 0.717) is 5.91 Å². The van der Waals surface area contributed by atoms with Crippen LogP contribution in [0.25, 0.3) is 0 Å². The maximum absolute atomic E-state index is 12.9. The third-order valence-corrected chi connectivity index (χ3v) is 5.55. The topological polar surface area (TPSA) is 26.8 Å². The molecule has 24 heavy (non-hydrogen) atoms. The van der Waals surface area contributed by atoms with Gasteiger partial charge in [0.1, 0.15) is 0 Å². The molecule has 1 amide bonds. The van der Waals surface area contributed by atoms with Gasteiger partial charge in [0.25, 0.3) is 0 Å². The van der Waals surface area contributed by atoms with Crippen molar-refractivity contribution in [2.45, 2.75) is 38.6 Å². The largest absolute Gasteiger partial charge is 0.339 e. The fourth-order valence-corrected chi connectivity index (χ4v) is 3.98. The average Bonchev–Trinajstić information content (AvgIpc) is 2.67. The van der Waals surface area contributed by atoms with E-state index in [2.05, 4.69) is 52.0 Å². The molecule has 2 fully saturated rings. The molecule has 0 N–H and O–H groups in total. The summed E-state index contributed by atoms with van der Waals surface area (Å²) in [4.78, 5) is 19.8. The molecule has 2 heterocycles. The fraction of sp³-hybridized carbons (Fsp3) is 0.650. The van der Waals surface area contributed by atoms with Gasteiger partial charge in [0.15, 0.2) is 0 Å². The smallest absolute Gasteiger partial charge is 0.240 e. The van der Waals surface area contributed by atoms with Crippen molar-refractivity contribution in [3.05, 3.63) is 35.9 Å². The molecule has 0 spiro atoms. The molecular weight excluding hydrogens is 298 g/mol. The van der Waals surface area contributed by atoms with Gasteiger partial charge in [-0.3, -0.25) is 14.6 Å². The first kappa shape index (κ1) is 17.4. The summed E-state index contributed by atoms with van der Waals surface area (Å²) in [6, 6.07) is 10.8. The van der Waals surface area contributed by atoms with E-state index < -0.39 is 0 Å². The maximum Gasteiger partial charge on any atom is 0.240 e. The monoisotopic (exact) mass is 329 g/mol. The zero-order valence-electron chi connectivity index (χ0n) is 15.0. The molecule has 0 aromatic heterocycles. The lowest BCUT2D eigenvalue weighted by Crippen LogP contribution is -2.56. The molecule has 0 aliphatic carbocycles. The van der Waals surface area contributed by atoms with Crippen molar-refractivity contribution in [1.82, 2.24) is 14.7 Å². The zero-order valence-corrected chi connectivity index (χ0v) is 15.0.